The van der Waals surface area contributed by atoms with Gasteiger partial charge in [-0.2, -0.15) is 5.10 Å². The van der Waals surface area contributed by atoms with Crippen molar-refractivity contribution in [3.8, 4) is 5.75 Å². The first-order valence-electron chi connectivity index (χ1n) is 5.82. The van der Waals surface area contributed by atoms with Crippen molar-refractivity contribution in [3.63, 3.8) is 0 Å². The Morgan fingerprint density at radius 1 is 1.37 bits per heavy atom. The maximum absolute atomic E-state index is 11.9. The first-order chi connectivity index (χ1) is 9.12. The number of H-pyrrole nitrogens is 1. The standard InChI is InChI=1S/C12H15N3O3S/c1-2-18-11-5-3-4-10(8-11)9-14-19(16,17)12-6-7-13-15-12/h3-8,14H,2,9H2,1H3,(H,13,15). The predicted molar refractivity (Wildman–Crippen MR) is 70.2 cm³/mol. The minimum atomic E-state index is -3.55. The maximum Gasteiger partial charge on any atom is 0.257 e. The molecule has 1 heterocycles. The number of hydrogen-bond donors (Lipinski definition) is 2. The molecule has 0 fully saturated rings. The van der Waals surface area contributed by atoms with Gasteiger partial charge < -0.3 is 4.74 Å². The molecule has 19 heavy (non-hydrogen) atoms. The predicted octanol–water partition coefficient (Wildman–Crippen LogP) is 1.29. The molecule has 0 amide bonds. The fourth-order valence-corrected chi connectivity index (χ4v) is 2.49. The van der Waals surface area contributed by atoms with E-state index in [1.165, 1.54) is 12.3 Å². The van der Waals surface area contributed by atoms with Gasteiger partial charge in [0.05, 0.1) is 12.8 Å². The van der Waals surface area contributed by atoms with Gasteiger partial charge in [0.1, 0.15) is 5.75 Å². The third-order valence-corrected chi connectivity index (χ3v) is 3.77. The van der Waals surface area contributed by atoms with E-state index < -0.39 is 10.0 Å². The second-order valence-corrected chi connectivity index (χ2v) is 5.56. The topological polar surface area (TPSA) is 84.1 Å². The minimum absolute atomic E-state index is 0.0495. The monoisotopic (exact) mass is 281 g/mol. The summed E-state index contributed by atoms with van der Waals surface area (Å²) in [5, 5.41) is 6.09. The van der Waals surface area contributed by atoms with Crippen molar-refractivity contribution in [2.45, 2.75) is 18.5 Å². The molecule has 0 spiro atoms. The first kappa shape index (κ1) is 13.6. The Morgan fingerprint density at radius 3 is 2.89 bits per heavy atom. The molecule has 0 bridgehead atoms. The third-order valence-electron chi connectivity index (χ3n) is 2.44. The summed E-state index contributed by atoms with van der Waals surface area (Å²) >= 11 is 0. The number of aromatic amines is 1. The smallest absolute Gasteiger partial charge is 0.257 e. The molecular formula is C12H15N3O3S. The van der Waals surface area contributed by atoms with Crippen molar-refractivity contribution in [1.82, 2.24) is 14.9 Å². The van der Waals surface area contributed by atoms with Crippen molar-refractivity contribution >= 4 is 10.0 Å². The summed E-state index contributed by atoms with van der Waals surface area (Å²) in [4.78, 5) is 0. The summed E-state index contributed by atoms with van der Waals surface area (Å²) in [7, 11) is -3.55. The van der Waals surface area contributed by atoms with Crippen molar-refractivity contribution in [2.75, 3.05) is 6.61 Å². The maximum atomic E-state index is 11.9. The van der Waals surface area contributed by atoms with Crippen LogP contribution in [0.15, 0.2) is 41.6 Å². The number of aromatic nitrogens is 2. The average Bonchev–Trinajstić information content (AvgIpc) is 2.92. The van der Waals surface area contributed by atoms with Gasteiger partial charge in [-0.3, -0.25) is 5.10 Å². The van der Waals surface area contributed by atoms with Crippen LogP contribution in [0.1, 0.15) is 12.5 Å². The van der Waals surface area contributed by atoms with E-state index in [4.69, 9.17) is 4.74 Å². The molecule has 2 rings (SSSR count). The highest BCUT2D eigenvalue weighted by Gasteiger charge is 2.14. The molecule has 7 heteroatoms. The lowest BCUT2D eigenvalue weighted by atomic mass is 10.2. The van der Waals surface area contributed by atoms with Crippen LogP contribution in [0.2, 0.25) is 0 Å². The van der Waals surface area contributed by atoms with Gasteiger partial charge in [-0.05, 0) is 30.7 Å². The van der Waals surface area contributed by atoms with E-state index in [0.717, 1.165) is 11.3 Å². The van der Waals surface area contributed by atoms with E-state index in [0.29, 0.717) is 6.61 Å². The van der Waals surface area contributed by atoms with Crippen LogP contribution < -0.4 is 9.46 Å². The third kappa shape index (κ3) is 3.55. The number of nitrogens with zero attached hydrogens (tertiary/aromatic N) is 1. The summed E-state index contributed by atoms with van der Waals surface area (Å²) in [6, 6.07) is 8.69. The van der Waals surface area contributed by atoms with Crippen LogP contribution >= 0.6 is 0 Å². The Kier molecular flexibility index (Phi) is 4.18. The van der Waals surface area contributed by atoms with Gasteiger partial charge in [0, 0.05) is 6.54 Å². The molecule has 0 aliphatic carbocycles. The van der Waals surface area contributed by atoms with E-state index in [9.17, 15) is 8.42 Å². The molecule has 2 aromatic rings. The average molecular weight is 281 g/mol. The van der Waals surface area contributed by atoms with Crippen LogP contribution in [0.3, 0.4) is 0 Å². The minimum Gasteiger partial charge on any atom is -0.494 e. The van der Waals surface area contributed by atoms with Crippen LogP contribution in [0, 0.1) is 0 Å². The van der Waals surface area contributed by atoms with Crippen LogP contribution in [-0.2, 0) is 16.6 Å². The van der Waals surface area contributed by atoms with Crippen LogP contribution in [0.5, 0.6) is 5.75 Å². The molecule has 0 atom stereocenters. The number of ether oxygens (including phenoxy) is 1. The summed E-state index contributed by atoms with van der Waals surface area (Å²) in [5.74, 6) is 0.723. The Morgan fingerprint density at radius 2 is 2.21 bits per heavy atom. The quantitative estimate of drug-likeness (QED) is 0.835. The summed E-state index contributed by atoms with van der Waals surface area (Å²) in [6.45, 7) is 2.67. The van der Waals surface area contributed by atoms with Gasteiger partial charge in [0.2, 0.25) is 0 Å². The van der Waals surface area contributed by atoms with Crippen molar-refractivity contribution in [1.29, 1.82) is 0 Å². The summed E-state index contributed by atoms with van der Waals surface area (Å²) in [5.41, 5.74) is 0.828. The number of hydrogen-bond acceptors (Lipinski definition) is 4. The molecular weight excluding hydrogens is 266 g/mol. The molecule has 102 valence electrons. The van der Waals surface area contributed by atoms with Crippen molar-refractivity contribution in [2.24, 2.45) is 0 Å². The van der Waals surface area contributed by atoms with E-state index in [-0.39, 0.29) is 11.6 Å². The first-order valence-corrected chi connectivity index (χ1v) is 7.31. The molecule has 6 nitrogen and oxygen atoms in total. The highest BCUT2D eigenvalue weighted by atomic mass is 32.2. The Bertz CT molecular complexity index is 623. The summed E-state index contributed by atoms with van der Waals surface area (Å²) in [6.07, 6.45) is 1.39. The van der Waals surface area contributed by atoms with E-state index in [2.05, 4.69) is 14.9 Å². The fraction of sp³-hybridized carbons (Fsp3) is 0.250. The normalized spacial score (nSPS) is 11.4. The Labute approximate surface area is 111 Å². The number of nitrogens with one attached hydrogen (secondary N) is 2. The highest BCUT2D eigenvalue weighted by molar-refractivity contribution is 7.89. The molecule has 0 aliphatic rings. The van der Waals surface area contributed by atoms with Crippen LogP contribution in [0.4, 0.5) is 0 Å². The lowest BCUT2D eigenvalue weighted by Gasteiger charge is -2.07. The molecule has 2 N–H and O–H groups in total. The van der Waals surface area contributed by atoms with Gasteiger partial charge in [0.15, 0.2) is 5.03 Å². The largest absolute Gasteiger partial charge is 0.494 e. The molecule has 0 aliphatic heterocycles. The number of rotatable bonds is 6. The van der Waals surface area contributed by atoms with Crippen LogP contribution in [0.25, 0.3) is 0 Å². The van der Waals surface area contributed by atoms with E-state index in [1.54, 1.807) is 6.07 Å². The van der Waals surface area contributed by atoms with Crippen LogP contribution in [-0.4, -0.2) is 25.2 Å². The number of benzene rings is 1. The molecule has 0 saturated carbocycles. The second kappa shape index (κ2) is 5.85. The highest BCUT2D eigenvalue weighted by Crippen LogP contribution is 2.13. The van der Waals surface area contributed by atoms with Gasteiger partial charge in [-0.1, -0.05) is 12.1 Å². The lowest BCUT2D eigenvalue weighted by molar-refractivity contribution is 0.340. The van der Waals surface area contributed by atoms with Crippen molar-refractivity contribution < 1.29 is 13.2 Å². The zero-order valence-electron chi connectivity index (χ0n) is 10.5. The van der Waals surface area contributed by atoms with Gasteiger partial charge in [-0.25, -0.2) is 13.1 Å². The molecule has 0 saturated heterocycles. The zero-order valence-corrected chi connectivity index (χ0v) is 11.3. The number of sulfonamides is 1. The molecule has 0 unspecified atom stereocenters. The Balaban J connectivity index is 2.05. The molecule has 0 radical (unpaired) electrons. The zero-order chi connectivity index (χ0) is 13.7. The molecule has 1 aromatic heterocycles. The lowest BCUT2D eigenvalue weighted by Crippen LogP contribution is -2.23. The van der Waals surface area contributed by atoms with Gasteiger partial charge >= 0.3 is 0 Å². The Hall–Kier alpha value is -1.86. The van der Waals surface area contributed by atoms with E-state index in [1.807, 2.05) is 25.1 Å². The summed E-state index contributed by atoms with van der Waals surface area (Å²) < 4.78 is 31.6. The second-order valence-electron chi connectivity index (χ2n) is 3.83. The fourth-order valence-electron chi connectivity index (χ4n) is 1.56. The van der Waals surface area contributed by atoms with E-state index >= 15 is 0 Å². The molecule has 1 aromatic carbocycles. The van der Waals surface area contributed by atoms with Gasteiger partial charge in [-0.15, -0.1) is 0 Å². The van der Waals surface area contributed by atoms with Crippen molar-refractivity contribution in [3.05, 3.63) is 42.1 Å². The SMILES string of the molecule is CCOc1cccc(CNS(=O)(=O)c2ccn[nH]2)c1. The van der Waals surface area contributed by atoms with Gasteiger partial charge in [0.25, 0.3) is 10.0 Å².